The summed E-state index contributed by atoms with van der Waals surface area (Å²) in [6.45, 7) is 10.7. The van der Waals surface area contributed by atoms with Crippen LogP contribution in [-0.4, -0.2) is 24.7 Å². The van der Waals surface area contributed by atoms with Crippen LogP contribution in [0.15, 0.2) is 12.7 Å². The molecule has 0 aromatic carbocycles. The molecule has 0 rings (SSSR count). The lowest BCUT2D eigenvalue weighted by molar-refractivity contribution is -0.150. The number of rotatable bonds is 10. The summed E-state index contributed by atoms with van der Waals surface area (Å²) in [6, 6.07) is 0. The quantitative estimate of drug-likeness (QED) is 0.363. The van der Waals surface area contributed by atoms with Gasteiger partial charge in [-0.1, -0.05) is 38.7 Å². The van der Waals surface area contributed by atoms with Gasteiger partial charge in [0.25, 0.3) is 0 Å². The van der Waals surface area contributed by atoms with Gasteiger partial charge >= 0.3 is 5.97 Å². The molecule has 3 heteroatoms. The van der Waals surface area contributed by atoms with Crippen LogP contribution in [0.4, 0.5) is 0 Å². The first-order valence-corrected chi connectivity index (χ1v) is 6.63. The van der Waals surface area contributed by atoms with E-state index in [1.807, 2.05) is 13.8 Å². The second-order valence-electron chi connectivity index (χ2n) is 4.53. The lowest BCUT2D eigenvalue weighted by atomic mass is 9.94. The van der Waals surface area contributed by atoms with Crippen LogP contribution in [0, 0.1) is 0 Å². The zero-order valence-electron chi connectivity index (χ0n) is 11.6. The Morgan fingerprint density at radius 1 is 1.35 bits per heavy atom. The van der Waals surface area contributed by atoms with Gasteiger partial charge in [-0.25, -0.2) is 0 Å². The van der Waals surface area contributed by atoms with E-state index in [2.05, 4.69) is 18.8 Å². The molecule has 0 saturated heterocycles. The van der Waals surface area contributed by atoms with Crippen molar-refractivity contribution in [1.29, 1.82) is 0 Å². The highest BCUT2D eigenvalue weighted by Gasteiger charge is 2.32. The number of carbonyl (C=O) groups is 1. The van der Waals surface area contributed by atoms with Crippen LogP contribution in [0.3, 0.4) is 0 Å². The molecule has 0 amide bonds. The zero-order chi connectivity index (χ0) is 13.1. The number of hydrogen-bond donors (Lipinski definition) is 1. The maximum atomic E-state index is 11.9. The van der Waals surface area contributed by atoms with Gasteiger partial charge < -0.3 is 4.74 Å². The Bertz CT molecular complexity index is 228. The highest BCUT2D eigenvalue weighted by Crippen LogP contribution is 2.17. The Balaban J connectivity index is 4.27. The molecule has 3 nitrogen and oxygen atoms in total. The van der Waals surface area contributed by atoms with Gasteiger partial charge in [0.2, 0.25) is 0 Å². The van der Waals surface area contributed by atoms with Crippen molar-refractivity contribution in [2.75, 3.05) is 13.2 Å². The molecule has 0 saturated carbocycles. The van der Waals surface area contributed by atoms with Gasteiger partial charge in [0.15, 0.2) is 0 Å². The largest absolute Gasteiger partial charge is 0.465 e. The monoisotopic (exact) mass is 241 g/mol. The van der Waals surface area contributed by atoms with E-state index in [0.29, 0.717) is 13.2 Å². The van der Waals surface area contributed by atoms with E-state index >= 15 is 0 Å². The van der Waals surface area contributed by atoms with E-state index in [0.717, 1.165) is 12.8 Å². The first kappa shape index (κ1) is 16.2. The Labute approximate surface area is 106 Å². The van der Waals surface area contributed by atoms with E-state index in [-0.39, 0.29) is 5.97 Å². The first-order valence-electron chi connectivity index (χ1n) is 6.63. The molecule has 0 aromatic heterocycles. The van der Waals surface area contributed by atoms with Crippen molar-refractivity contribution in [2.24, 2.45) is 0 Å². The molecule has 1 unspecified atom stereocenters. The number of unbranched alkanes of at least 4 members (excludes halogenated alkanes) is 3. The van der Waals surface area contributed by atoms with Crippen molar-refractivity contribution >= 4 is 5.97 Å². The van der Waals surface area contributed by atoms with Crippen molar-refractivity contribution in [3.05, 3.63) is 12.7 Å². The lowest BCUT2D eigenvalue weighted by Crippen LogP contribution is -2.50. The molecular weight excluding hydrogens is 214 g/mol. The van der Waals surface area contributed by atoms with E-state index in [9.17, 15) is 4.79 Å². The molecule has 0 aliphatic carbocycles. The van der Waals surface area contributed by atoms with Gasteiger partial charge in [-0.3, -0.25) is 10.1 Å². The third kappa shape index (κ3) is 6.47. The van der Waals surface area contributed by atoms with Crippen molar-refractivity contribution in [2.45, 2.75) is 58.4 Å². The molecule has 0 aromatic rings. The lowest BCUT2D eigenvalue weighted by Gasteiger charge is -2.28. The predicted molar refractivity (Wildman–Crippen MR) is 72.0 cm³/mol. The summed E-state index contributed by atoms with van der Waals surface area (Å²) in [4.78, 5) is 11.9. The highest BCUT2D eigenvalue weighted by molar-refractivity contribution is 5.80. The van der Waals surface area contributed by atoms with Gasteiger partial charge in [-0.15, -0.1) is 6.58 Å². The predicted octanol–water partition coefficient (Wildman–Crippen LogP) is 3.05. The summed E-state index contributed by atoms with van der Waals surface area (Å²) in [5.41, 5.74) is -0.571. The molecule has 17 heavy (non-hydrogen) atoms. The van der Waals surface area contributed by atoms with Gasteiger partial charge in [0, 0.05) is 6.54 Å². The van der Waals surface area contributed by atoms with Crippen LogP contribution in [0.1, 0.15) is 52.9 Å². The van der Waals surface area contributed by atoms with Gasteiger partial charge in [-0.2, -0.15) is 0 Å². The van der Waals surface area contributed by atoms with Crippen molar-refractivity contribution in [3.63, 3.8) is 0 Å². The van der Waals surface area contributed by atoms with E-state index in [1.54, 1.807) is 6.08 Å². The first-order chi connectivity index (χ1) is 8.10. The topological polar surface area (TPSA) is 38.3 Å². The van der Waals surface area contributed by atoms with Crippen LogP contribution in [-0.2, 0) is 9.53 Å². The SMILES string of the molecule is C=CCNC(C)(CCCCCC)C(=O)OCC. The van der Waals surface area contributed by atoms with Gasteiger partial charge in [-0.05, 0) is 20.3 Å². The second kappa shape index (κ2) is 9.23. The fourth-order valence-corrected chi connectivity index (χ4v) is 1.76. The molecule has 0 aliphatic rings. The van der Waals surface area contributed by atoms with Crippen LogP contribution >= 0.6 is 0 Å². The van der Waals surface area contributed by atoms with Crippen LogP contribution in [0.2, 0.25) is 0 Å². The number of ether oxygens (including phenoxy) is 1. The van der Waals surface area contributed by atoms with Crippen molar-refractivity contribution in [3.8, 4) is 0 Å². The Morgan fingerprint density at radius 2 is 2.06 bits per heavy atom. The Morgan fingerprint density at radius 3 is 2.59 bits per heavy atom. The molecule has 0 aliphatic heterocycles. The molecular formula is C14H27NO2. The third-order valence-corrected chi connectivity index (χ3v) is 2.89. The Kier molecular flexibility index (Phi) is 8.78. The minimum absolute atomic E-state index is 0.154. The van der Waals surface area contributed by atoms with Crippen LogP contribution < -0.4 is 5.32 Å². The number of nitrogens with one attached hydrogen (secondary N) is 1. The summed E-state index contributed by atoms with van der Waals surface area (Å²) in [7, 11) is 0. The third-order valence-electron chi connectivity index (χ3n) is 2.89. The second-order valence-corrected chi connectivity index (χ2v) is 4.53. The van der Waals surface area contributed by atoms with Crippen molar-refractivity contribution < 1.29 is 9.53 Å². The fraction of sp³-hybridized carbons (Fsp3) is 0.786. The average molecular weight is 241 g/mol. The zero-order valence-corrected chi connectivity index (χ0v) is 11.6. The average Bonchev–Trinajstić information content (AvgIpc) is 2.32. The summed E-state index contributed by atoms with van der Waals surface area (Å²) in [5, 5.41) is 3.21. The van der Waals surface area contributed by atoms with Crippen molar-refractivity contribution in [1.82, 2.24) is 5.32 Å². The van der Waals surface area contributed by atoms with Crippen LogP contribution in [0.25, 0.3) is 0 Å². The molecule has 0 bridgehead atoms. The summed E-state index contributed by atoms with van der Waals surface area (Å²) >= 11 is 0. The molecule has 100 valence electrons. The number of carbonyl (C=O) groups excluding carboxylic acids is 1. The smallest absolute Gasteiger partial charge is 0.326 e. The molecule has 0 spiro atoms. The molecule has 1 atom stereocenters. The number of esters is 1. The summed E-state index contributed by atoms with van der Waals surface area (Å²) in [5.74, 6) is -0.154. The van der Waals surface area contributed by atoms with E-state index in [4.69, 9.17) is 4.74 Å². The number of hydrogen-bond acceptors (Lipinski definition) is 3. The maximum absolute atomic E-state index is 11.9. The fourth-order valence-electron chi connectivity index (χ4n) is 1.76. The summed E-state index contributed by atoms with van der Waals surface area (Å²) in [6.07, 6.45) is 7.23. The molecule has 0 radical (unpaired) electrons. The van der Waals surface area contributed by atoms with Gasteiger partial charge in [0.1, 0.15) is 5.54 Å². The molecule has 1 N–H and O–H groups in total. The standard InChI is InChI=1S/C14H27NO2/c1-5-8-9-10-11-14(4,15-12-6-2)13(16)17-7-3/h6,15H,2,5,7-12H2,1,3-4H3. The van der Waals surface area contributed by atoms with Crippen LogP contribution in [0.5, 0.6) is 0 Å². The van der Waals surface area contributed by atoms with Gasteiger partial charge in [0.05, 0.1) is 6.61 Å². The summed E-state index contributed by atoms with van der Waals surface area (Å²) < 4.78 is 5.13. The van der Waals surface area contributed by atoms with E-state index < -0.39 is 5.54 Å². The highest BCUT2D eigenvalue weighted by atomic mass is 16.5. The Hall–Kier alpha value is -0.830. The normalized spacial score (nSPS) is 14.1. The minimum Gasteiger partial charge on any atom is -0.465 e. The molecule has 0 heterocycles. The molecule has 0 fully saturated rings. The van der Waals surface area contributed by atoms with E-state index in [1.165, 1.54) is 19.3 Å². The minimum atomic E-state index is -0.571. The maximum Gasteiger partial charge on any atom is 0.326 e.